The van der Waals surface area contributed by atoms with Gasteiger partial charge in [-0.05, 0) is 44.1 Å². The predicted octanol–water partition coefficient (Wildman–Crippen LogP) is 4.03. The van der Waals surface area contributed by atoms with Crippen molar-refractivity contribution in [1.29, 1.82) is 0 Å². The Morgan fingerprint density at radius 2 is 1.81 bits per heavy atom. The van der Waals surface area contributed by atoms with Crippen LogP contribution in [0.5, 0.6) is 5.75 Å². The first-order chi connectivity index (χ1) is 9.65. The van der Waals surface area contributed by atoms with Gasteiger partial charge in [-0.15, -0.1) is 12.4 Å². The van der Waals surface area contributed by atoms with Crippen molar-refractivity contribution >= 4 is 35.6 Å². The van der Waals surface area contributed by atoms with Gasteiger partial charge in [0, 0.05) is 11.6 Å². The van der Waals surface area contributed by atoms with E-state index in [4.69, 9.17) is 27.9 Å². The van der Waals surface area contributed by atoms with Gasteiger partial charge in [0.1, 0.15) is 18.5 Å². The van der Waals surface area contributed by atoms with E-state index in [2.05, 4.69) is 4.90 Å². The summed E-state index contributed by atoms with van der Waals surface area (Å²) in [4.78, 5) is 2.31. The molecule has 1 aromatic carbocycles. The Kier molecular flexibility index (Phi) is 8.76. The van der Waals surface area contributed by atoms with Crippen LogP contribution in [0.1, 0.15) is 25.7 Å². The first-order valence-corrected chi connectivity index (χ1v) is 7.89. The van der Waals surface area contributed by atoms with Crippen LogP contribution in [0, 0.1) is 0 Å². The van der Waals surface area contributed by atoms with Gasteiger partial charge in [0.05, 0.1) is 5.02 Å². The summed E-state index contributed by atoms with van der Waals surface area (Å²) in [5.41, 5.74) is 0. The Morgan fingerprint density at radius 1 is 1.14 bits per heavy atom. The van der Waals surface area contributed by atoms with Crippen molar-refractivity contribution in [2.75, 3.05) is 26.2 Å². The second-order valence-corrected chi connectivity index (χ2v) is 6.10. The number of aliphatic hydroxyl groups is 1. The number of β-amino-alcohol motifs (C(OH)–C–C–N with tert-alkyl or cyclic N) is 1. The molecule has 1 fully saturated rings. The number of halogens is 3. The van der Waals surface area contributed by atoms with Gasteiger partial charge in [-0.25, -0.2) is 0 Å². The molecule has 6 heteroatoms. The zero-order valence-corrected chi connectivity index (χ0v) is 14.3. The molecule has 120 valence electrons. The van der Waals surface area contributed by atoms with Crippen molar-refractivity contribution in [3.63, 3.8) is 0 Å². The minimum Gasteiger partial charge on any atom is -0.489 e. The lowest BCUT2D eigenvalue weighted by Gasteiger charge is -2.23. The van der Waals surface area contributed by atoms with E-state index < -0.39 is 6.10 Å². The van der Waals surface area contributed by atoms with Gasteiger partial charge in [-0.3, -0.25) is 0 Å². The van der Waals surface area contributed by atoms with E-state index in [1.54, 1.807) is 18.2 Å². The Balaban J connectivity index is 0.00000220. The molecule has 1 aliphatic heterocycles. The van der Waals surface area contributed by atoms with E-state index in [1.807, 2.05) is 0 Å². The normalized spacial score (nSPS) is 17.7. The fourth-order valence-electron chi connectivity index (χ4n) is 2.45. The molecule has 0 bridgehead atoms. The Bertz CT molecular complexity index is 423. The highest BCUT2D eigenvalue weighted by Crippen LogP contribution is 2.27. The van der Waals surface area contributed by atoms with Gasteiger partial charge in [-0.1, -0.05) is 36.0 Å². The first kappa shape index (κ1) is 18.9. The third-order valence-electron chi connectivity index (χ3n) is 3.49. The Labute approximate surface area is 142 Å². The van der Waals surface area contributed by atoms with Gasteiger partial charge in [-0.2, -0.15) is 0 Å². The van der Waals surface area contributed by atoms with Crippen molar-refractivity contribution in [3.8, 4) is 5.75 Å². The monoisotopic (exact) mass is 353 g/mol. The average Bonchev–Trinajstić information content (AvgIpc) is 2.66. The Morgan fingerprint density at radius 3 is 2.43 bits per heavy atom. The van der Waals surface area contributed by atoms with Crippen LogP contribution in [0.25, 0.3) is 0 Å². The molecule has 2 rings (SSSR count). The highest BCUT2D eigenvalue weighted by atomic mass is 35.5. The molecule has 1 saturated heterocycles. The maximum atomic E-state index is 10.1. The standard InChI is InChI=1S/C15H21Cl2NO2.ClH/c16-12-5-6-15(14(17)9-12)20-11-13(19)10-18-7-3-1-2-4-8-18;/h5-6,9,13,19H,1-4,7-8,10-11H2;1H. The van der Waals surface area contributed by atoms with E-state index in [1.165, 1.54) is 25.7 Å². The Hall–Kier alpha value is -0.190. The van der Waals surface area contributed by atoms with Crippen LogP contribution in [0.2, 0.25) is 10.0 Å². The number of hydrogen-bond acceptors (Lipinski definition) is 3. The van der Waals surface area contributed by atoms with Crippen LogP contribution in [0.4, 0.5) is 0 Å². The van der Waals surface area contributed by atoms with E-state index >= 15 is 0 Å². The van der Waals surface area contributed by atoms with Gasteiger partial charge >= 0.3 is 0 Å². The summed E-state index contributed by atoms with van der Waals surface area (Å²) < 4.78 is 5.56. The van der Waals surface area contributed by atoms with E-state index in [0.29, 0.717) is 22.3 Å². The zero-order valence-electron chi connectivity index (χ0n) is 11.9. The molecule has 1 unspecified atom stereocenters. The minimum atomic E-state index is -0.500. The van der Waals surface area contributed by atoms with Gasteiger partial charge in [0.25, 0.3) is 0 Å². The lowest BCUT2D eigenvalue weighted by Crippen LogP contribution is -2.36. The number of rotatable bonds is 5. The summed E-state index contributed by atoms with van der Waals surface area (Å²) in [6.07, 6.45) is 4.53. The molecule has 1 atom stereocenters. The van der Waals surface area contributed by atoms with Crippen LogP contribution in [-0.4, -0.2) is 42.4 Å². The van der Waals surface area contributed by atoms with Crippen molar-refractivity contribution in [2.24, 2.45) is 0 Å². The lowest BCUT2D eigenvalue weighted by molar-refractivity contribution is 0.0694. The maximum absolute atomic E-state index is 10.1. The van der Waals surface area contributed by atoms with Crippen LogP contribution < -0.4 is 4.74 Å². The summed E-state index contributed by atoms with van der Waals surface area (Å²) in [5.74, 6) is 0.561. The molecule has 0 saturated carbocycles. The smallest absolute Gasteiger partial charge is 0.138 e. The SMILES string of the molecule is Cl.OC(COc1ccc(Cl)cc1Cl)CN1CCCCCC1. The van der Waals surface area contributed by atoms with Gasteiger partial charge in [0.2, 0.25) is 0 Å². The van der Waals surface area contributed by atoms with Crippen LogP contribution in [0.15, 0.2) is 18.2 Å². The van der Waals surface area contributed by atoms with Crippen molar-refractivity contribution in [1.82, 2.24) is 4.90 Å². The molecule has 0 spiro atoms. The summed E-state index contributed by atoms with van der Waals surface area (Å²) >= 11 is 11.9. The number of aliphatic hydroxyl groups excluding tert-OH is 1. The molecule has 0 amide bonds. The number of nitrogens with zero attached hydrogens (tertiary/aromatic N) is 1. The molecule has 0 aliphatic carbocycles. The number of hydrogen-bond donors (Lipinski definition) is 1. The van der Waals surface area contributed by atoms with Crippen LogP contribution in [-0.2, 0) is 0 Å². The zero-order chi connectivity index (χ0) is 14.4. The molecule has 0 radical (unpaired) electrons. The summed E-state index contributed by atoms with van der Waals surface area (Å²) in [7, 11) is 0. The highest BCUT2D eigenvalue weighted by Gasteiger charge is 2.14. The number of likely N-dealkylation sites (tertiary alicyclic amines) is 1. The van der Waals surface area contributed by atoms with E-state index in [0.717, 1.165) is 13.1 Å². The second-order valence-electron chi connectivity index (χ2n) is 5.25. The molecule has 3 nitrogen and oxygen atoms in total. The molecule has 1 aliphatic rings. The summed E-state index contributed by atoms with van der Waals surface area (Å²) in [6, 6.07) is 5.09. The third-order valence-corrected chi connectivity index (χ3v) is 4.02. The first-order valence-electron chi connectivity index (χ1n) is 7.13. The number of benzene rings is 1. The molecule has 21 heavy (non-hydrogen) atoms. The van der Waals surface area contributed by atoms with Crippen molar-refractivity contribution < 1.29 is 9.84 Å². The van der Waals surface area contributed by atoms with Crippen LogP contribution >= 0.6 is 35.6 Å². The fourth-order valence-corrected chi connectivity index (χ4v) is 2.91. The van der Waals surface area contributed by atoms with Crippen LogP contribution in [0.3, 0.4) is 0 Å². The highest BCUT2D eigenvalue weighted by molar-refractivity contribution is 6.35. The van der Waals surface area contributed by atoms with Gasteiger partial charge < -0.3 is 14.7 Å². The second kappa shape index (κ2) is 9.75. The molecule has 1 heterocycles. The van der Waals surface area contributed by atoms with Crippen molar-refractivity contribution in [3.05, 3.63) is 28.2 Å². The molecule has 1 aromatic rings. The largest absolute Gasteiger partial charge is 0.489 e. The quantitative estimate of drug-likeness (QED) is 0.866. The fraction of sp³-hybridized carbons (Fsp3) is 0.600. The molecular formula is C15H22Cl3NO2. The molecular weight excluding hydrogens is 333 g/mol. The van der Waals surface area contributed by atoms with E-state index in [-0.39, 0.29) is 19.0 Å². The summed E-state index contributed by atoms with van der Waals surface area (Å²) in [6.45, 7) is 3.04. The number of ether oxygens (including phenoxy) is 1. The van der Waals surface area contributed by atoms with Crippen molar-refractivity contribution in [2.45, 2.75) is 31.8 Å². The molecule has 0 aromatic heterocycles. The predicted molar refractivity (Wildman–Crippen MR) is 90.1 cm³/mol. The lowest BCUT2D eigenvalue weighted by atomic mass is 10.2. The average molecular weight is 355 g/mol. The summed E-state index contributed by atoms with van der Waals surface area (Å²) in [5, 5.41) is 11.1. The molecule has 1 N–H and O–H groups in total. The van der Waals surface area contributed by atoms with E-state index in [9.17, 15) is 5.11 Å². The topological polar surface area (TPSA) is 32.7 Å². The minimum absolute atomic E-state index is 0. The van der Waals surface area contributed by atoms with Gasteiger partial charge in [0.15, 0.2) is 0 Å². The maximum Gasteiger partial charge on any atom is 0.138 e. The third kappa shape index (κ3) is 6.62.